The average molecular weight is 286 g/mol. The molecule has 0 spiro atoms. The lowest BCUT2D eigenvalue weighted by Crippen LogP contribution is -2.41. The molecule has 1 aliphatic carbocycles. The van der Waals surface area contributed by atoms with Gasteiger partial charge in [0.2, 0.25) is 0 Å². The van der Waals surface area contributed by atoms with Gasteiger partial charge in [-0.3, -0.25) is 9.59 Å². The maximum absolute atomic E-state index is 11.4. The number of carboxylic acid groups (broad SMARTS) is 1. The Balaban J connectivity index is 2.13. The molecule has 0 radical (unpaired) electrons. The normalized spacial score (nSPS) is 21.9. The summed E-state index contributed by atoms with van der Waals surface area (Å²) < 4.78 is 4.68. The van der Waals surface area contributed by atoms with Gasteiger partial charge in [-0.05, 0) is 38.5 Å². The Labute approximate surface area is 118 Å². The van der Waals surface area contributed by atoms with Gasteiger partial charge >= 0.3 is 18.0 Å². The summed E-state index contributed by atoms with van der Waals surface area (Å²) in [7, 11) is 0. The first-order valence-corrected chi connectivity index (χ1v) is 6.93. The number of ether oxygens (including phenoxy) is 1. The highest BCUT2D eigenvalue weighted by Gasteiger charge is 2.25. The van der Waals surface area contributed by atoms with Crippen LogP contribution < -0.4 is 10.6 Å². The molecule has 1 fully saturated rings. The van der Waals surface area contributed by atoms with Gasteiger partial charge in [0.25, 0.3) is 0 Å². The van der Waals surface area contributed by atoms with Crippen molar-refractivity contribution in [1.82, 2.24) is 10.6 Å². The highest BCUT2D eigenvalue weighted by atomic mass is 16.5. The molecule has 2 amide bonds. The number of nitrogens with one attached hydrogen (secondary N) is 2. The molecule has 114 valence electrons. The van der Waals surface area contributed by atoms with E-state index in [-0.39, 0.29) is 19.1 Å². The summed E-state index contributed by atoms with van der Waals surface area (Å²) in [5, 5.41) is 14.0. The Morgan fingerprint density at radius 1 is 1.15 bits per heavy atom. The zero-order valence-electron chi connectivity index (χ0n) is 11.7. The van der Waals surface area contributed by atoms with Crippen LogP contribution in [0.5, 0.6) is 0 Å². The van der Waals surface area contributed by atoms with Gasteiger partial charge in [0.1, 0.15) is 6.54 Å². The number of hydrogen-bond donors (Lipinski definition) is 3. The van der Waals surface area contributed by atoms with E-state index in [0.29, 0.717) is 25.3 Å². The molecule has 0 aliphatic heterocycles. The second-order valence-electron chi connectivity index (χ2n) is 4.92. The van der Waals surface area contributed by atoms with Gasteiger partial charge in [0, 0.05) is 6.54 Å². The van der Waals surface area contributed by atoms with Crippen molar-refractivity contribution in [2.45, 2.75) is 32.6 Å². The van der Waals surface area contributed by atoms with Crippen molar-refractivity contribution in [2.24, 2.45) is 11.8 Å². The largest absolute Gasteiger partial charge is 0.481 e. The fourth-order valence-electron chi connectivity index (χ4n) is 2.28. The number of carbonyl (C=O) groups excluding carboxylic acids is 2. The Hall–Kier alpha value is -1.79. The van der Waals surface area contributed by atoms with Gasteiger partial charge in [-0.25, -0.2) is 4.79 Å². The number of rotatable bonds is 6. The lowest BCUT2D eigenvalue weighted by Gasteiger charge is -2.26. The zero-order valence-corrected chi connectivity index (χ0v) is 11.7. The van der Waals surface area contributed by atoms with Gasteiger partial charge in [-0.1, -0.05) is 0 Å². The van der Waals surface area contributed by atoms with Gasteiger partial charge < -0.3 is 20.5 Å². The second-order valence-corrected chi connectivity index (χ2v) is 4.92. The van der Waals surface area contributed by atoms with E-state index in [1.807, 2.05) is 0 Å². The molecule has 0 bridgehead atoms. The highest BCUT2D eigenvalue weighted by Crippen LogP contribution is 2.28. The average Bonchev–Trinajstić information content (AvgIpc) is 2.43. The van der Waals surface area contributed by atoms with Gasteiger partial charge in [0.15, 0.2) is 0 Å². The lowest BCUT2D eigenvalue weighted by molar-refractivity contribution is -0.143. The van der Waals surface area contributed by atoms with E-state index in [0.717, 1.165) is 12.8 Å². The van der Waals surface area contributed by atoms with E-state index in [1.54, 1.807) is 6.92 Å². The molecule has 0 saturated heterocycles. The molecule has 7 nitrogen and oxygen atoms in total. The molecule has 0 aromatic carbocycles. The van der Waals surface area contributed by atoms with E-state index in [1.165, 1.54) is 0 Å². The van der Waals surface area contributed by atoms with Gasteiger partial charge in [0.05, 0.1) is 12.5 Å². The second kappa shape index (κ2) is 8.39. The van der Waals surface area contributed by atoms with E-state index in [2.05, 4.69) is 15.4 Å². The van der Waals surface area contributed by atoms with Crippen molar-refractivity contribution in [3.05, 3.63) is 0 Å². The molecule has 0 atom stereocenters. The monoisotopic (exact) mass is 286 g/mol. The Morgan fingerprint density at radius 2 is 1.80 bits per heavy atom. The van der Waals surface area contributed by atoms with Gasteiger partial charge in [-0.15, -0.1) is 0 Å². The topological polar surface area (TPSA) is 105 Å². The van der Waals surface area contributed by atoms with Crippen LogP contribution in [0.1, 0.15) is 32.6 Å². The fourth-order valence-corrected chi connectivity index (χ4v) is 2.28. The molecule has 3 N–H and O–H groups in total. The van der Waals surface area contributed by atoms with Crippen LogP contribution in [0.4, 0.5) is 4.79 Å². The van der Waals surface area contributed by atoms with Crippen molar-refractivity contribution < 1.29 is 24.2 Å². The van der Waals surface area contributed by atoms with Crippen molar-refractivity contribution in [2.75, 3.05) is 19.7 Å². The quantitative estimate of drug-likeness (QED) is 0.625. The Kier molecular flexibility index (Phi) is 6.83. The molecular formula is C13H22N2O5. The van der Waals surface area contributed by atoms with Crippen LogP contribution in [0.25, 0.3) is 0 Å². The molecule has 0 unspecified atom stereocenters. The summed E-state index contributed by atoms with van der Waals surface area (Å²) in [6.07, 6.45) is 2.92. The van der Waals surface area contributed by atoms with E-state index >= 15 is 0 Å². The first kappa shape index (κ1) is 16.3. The van der Waals surface area contributed by atoms with Crippen LogP contribution in [0.2, 0.25) is 0 Å². The molecular weight excluding hydrogens is 264 g/mol. The lowest BCUT2D eigenvalue weighted by atomic mass is 9.82. The minimum atomic E-state index is -0.733. The summed E-state index contributed by atoms with van der Waals surface area (Å²) in [4.78, 5) is 33.3. The Morgan fingerprint density at radius 3 is 2.35 bits per heavy atom. The smallest absolute Gasteiger partial charge is 0.325 e. The standard InChI is InChI=1S/C13H22N2O5/c1-2-20-11(16)8-15-13(19)14-7-9-3-5-10(6-4-9)12(17)18/h9-10H,2-8H2,1H3,(H,17,18)(H2,14,15,19)/t9-,10-. The van der Waals surface area contributed by atoms with Crippen LogP contribution in [-0.2, 0) is 14.3 Å². The minimum absolute atomic E-state index is 0.147. The van der Waals surface area contributed by atoms with E-state index in [4.69, 9.17) is 5.11 Å². The van der Waals surface area contributed by atoms with Crippen molar-refractivity contribution in [3.8, 4) is 0 Å². The summed E-state index contributed by atoms with van der Waals surface area (Å²) in [5.41, 5.74) is 0. The van der Waals surface area contributed by atoms with E-state index in [9.17, 15) is 14.4 Å². The molecule has 1 aliphatic rings. The number of amides is 2. The highest BCUT2D eigenvalue weighted by molar-refractivity contribution is 5.80. The molecule has 0 heterocycles. The fraction of sp³-hybridized carbons (Fsp3) is 0.769. The Bertz CT molecular complexity index is 351. The predicted octanol–water partition coefficient (Wildman–Crippen LogP) is 0.740. The molecule has 7 heteroatoms. The van der Waals surface area contributed by atoms with Crippen molar-refractivity contribution in [3.63, 3.8) is 0 Å². The van der Waals surface area contributed by atoms with Crippen molar-refractivity contribution >= 4 is 18.0 Å². The number of carbonyl (C=O) groups is 3. The third kappa shape index (κ3) is 5.90. The number of aliphatic carboxylic acids is 1. The summed E-state index contributed by atoms with van der Waals surface area (Å²) in [6, 6.07) is -0.404. The molecule has 0 aromatic rings. The third-order valence-electron chi connectivity index (χ3n) is 3.45. The SMILES string of the molecule is CCOC(=O)CNC(=O)NC[C@H]1CC[C@H](C(=O)O)CC1. The summed E-state index contributed by atoms with van der Waals surface area (Å²) in [5.74, 6) is -1.14. The van der Waals surface area contributed by atoms with Crippen LogP contribution in [0, 0.1) is 11.8 Å². The maximum Gasteiger partial charge on any atom is 0.325 e. The zero-order chi connectivity index (χ0) is 15.0. The number of hydrogen-bond acceptors (Lipinski definition) is 4. The van der Waals surface area contributed by atoms with Gasteiger partial charge in [-0.2, -0.15) is 0 Å². The molecule has 1 rings (SSSR count). The molecule has 0 aromatic heterocycles. The molecule has 1 saturated carbocycles. The minimum Gasteiger partial charge on any atom is -0.481 e. The first-order valence-electron chi connectivity index (χ1n) is 6.93. The van der Waals surface area contributed by atoms with Crippen LogP contribution in [-0.4, -0.2) is 42.8 Å². The third-order valence-corrected chi connectivity index (χ3v) is 3.45. The maximum atomic E-state index is 11.4. The number of urea groups is 1. The molecule has 20 heavy (non-hydrogen) atoms. The first-order chi connectivity index (χ1) is 9.52. The summed E-state index contributed by atoms with van der Waals surface area (Å²) >= 11 is 0. The van der Waals surface area contributed by atoms with Crippen LogP contribution in [0.15, 0.2) is 0 Å². The van der Waals surface area contributed by atoms with Crippen LogP contribution in [0.3, 0.4) is 0 Å². The van der Waals surface area contributed by atoms with E-state index < -0.39 is 18.0 Å². The number of carboxylic acids is 1. The van der Waals surface area contributed by atoms with Crippen molar-refractivity contribution in [1.29, 1.82) is 0 Å². The summed E-state index contributed by atoms with van der Waals surface area (Å²) in [6.45, 7) is 2.34. The predicted molar refractivity (Wildman–Crippen MR) is 71.1 cm³/mol. The van der Waals surface area contributed by atoms with Crippen LogP contribution >= 0.6 is 0 Å². The number of esters is 1.